The largest absolute Gasteiger partial charge is 0.120 e. The first kappa shape index (κ1) is 8.87. The summed E-state index contributed by atoms with van der Waals surface area (Å²) in [6, 6.07) is 4.38. The van der Waals surface area contributed by atoms with Gasteiger partial charge in [-0.2, -0.15) is 0 Å². The summed E-state index contributed by atoms with van der Waals surface area (Å²) in [5, 5.41) is 0. The molecule has 0 atom stereocenters. The van der Waals surface area contributed by atoms with Crippen LogP contribution in [0.15, 0.2) is 12.1 Å². The Hall–Kier alpha value is -1.22. The Kier molecular flexibility index (Phi) is 2.55. The standard InChI is InChI=1S/C12H14/c1-5-6-12-8-10(3)9(2)7-11(12)4/h1,7-8H,6H2,2-4H3. The topological polar surface area (TPSA) is 0 Å². The molecule has 0 aliphatic rings. The van der Waals surface area contributed by atoms with Gasteiger partial charge in [-0.1, -0.05) is 12.1 Å². The van der Waals surface area contributed by atoms with Crippen molar-refractivity contribution in [3.8, 4) is 12.3 Å². The summed E-state index contributed by atoms with van der Waals surface area (Å²) in [7, 11) is 0. The highest BCUT2D eigenvalue weighted by atomic mass is 14.0. The van der Waals surface area contributed by atoms with Crippen molar-refractivity contribution in [2.75, 3.05) is 0 Å². The van der Waals surface area contributed by atoms with Crippen molar-refractivity contribution in [1.29, 1.82) is 0 Å². The normalized spacial score (nSPS) is 9.50. The molecule has 0 saturated carbocycles. The lowest BCUT2D eigenvalue weighted by molar-refractivity contribution is 1.19. The number of hydrogen-bond donors (Lipinski definition) is 0. The van der Waals surface area contributed by atoms with E-state index in [1.165, 1.54) is 22.3 Å². The molecule has 0 unspecified atom stereocenters. The van der Waals surface area contributed by atoms with Gasteiger partial charge in [-0.15, -0.1) is 12.3 Å². The molecule has 0 fully saturated rings. The van der Waals surface area contributed by atoms with Crippen LogP contribution in [0.25, 0.3) is 0 Å². The third kappa shape index (κ3) is 1.68. The summed E-state index contributed by atoms with van der Waals surface area (Å²) >= 11 is 0. The van der Waals surface area contributed by atoms with Crippen LogP contribution in [0.3, 0.4) is 0 Å². The van der Waals surface area contributed by atoms with Gasteiger partial charge in [-0.05, 0) is 43.0 Å². The van der Waals surface area contributed by atoms with Crippen LogP contribution in [0, 0.1) is 33.1 Å². The maximum absolute atomic E-state index is 5.27. The van der Waals surface area contributed by atoms with Crippen molar-refractivity contribution in [3.05, 3.63) is 34.4 Å². The molecule has 0 nitrogen and oxygen atoms in total. The zero-order valence-electron chi connectivity index (χ0n) is 7.94. The van der Waals surface area contributed by atoms with Crippen molar-refractivity contribution in [3.63, 3.8) is 0 Å². The van der Waals surface area contributed by atoms with Gasteiger partial charge < -0.3 is 0 Å². The third-order valence-corrected chi connectivity index (χ3v) is 2.24. The highest BCUT2D eigenvalue weighted by Crippen LogP contribution is 2.15. The first-order valence-electron chi connectivity index (χ1n) is 4.15. The van der Waals surface area contributed by atoms with Crippen LogP contribution in [0.1, 0.15) is 22.3 Å². The van der Waals surface area contributed by atoms with Gasteiger partial charge in [0.05, 0.1) is 0 Å². The highest BCUT2D eigenvalue weighted by Gasteiger charge is 1.99. The van der Waals surface area contributed by atoms with Gasteiger partial charge in [0.25, 0.3) is 0 Å². The summed E-state index contributed by atoms with van der Waals surface area (Å²) in [5.41, 5.74) is 5.25. The molecular weight excluding hydrogens is 144 g/mol. The summed E-state index contributed by atoms with van der Waals surface area (Å²) in [4.78, 5) is 0. The van der Waals surface area contributed by atoms with Crippen LogP contribution >= 0.6 is 0 Å². The van der Waals surface area contributed by atoms with E-state index in [2.05, 4.69) is 38.8 Å². The quantitative estimate of drug-likeness (QED) is 0.551. The molecule has 0 bridgehead atoms. The van der Waals surface area contributed by atoms with E-state index in [1.807, 2.05) is 0 Å². The molecule has 62 valence electrons. The first-order valence-corrected chi connectivity index (χ1v) is 4.15. The zero-order valence-corrected chi connectivity index (χ0v) is 7.94. The monoisotopic (exact) mass is 158 g/mol. The van der Waals surface area contributed by atoms with Crippen molar-refractivity contribution in [2.24, 2.45) is 0 Å². The van der Waals surface area contributed by atoms with E-state index in [9.17, 15) is 0 Å². The Morgan fingerprint density at radius 3 is 2.25 bits per heavy atom. The lowest BCUT2D eigenvalue weighted by atomic mass is 9.99. The second-order valence-electron chi connectivity index (χ2n) is 3.24. The molecule has 12 heavy (non-hydrogen) atoms. The minimum atomic E-state index is 0.743. The van der Waals surface area contributed by atoms with Crippen LogP contribution in [0.5, 0.6) is 0 Å². The average Bonchev–Trinajstić information content (AvgIpc) is 2.01. The van der Waals surface area contributed by atoms with E-state index >= 15 is 0 Å². The first-order chi connectivity index (χ1) is 5.65. The molecule has 0 spiro atoms. The fourth-order valence-corrected chi connectivity index (χ4v) is 1.32. The van der Waals surface area contributed by atoms with E-state index < -0.39 is 0 Å². The van der Waals surface area contributed by atoms with Crippen LogP contribution in [0.4, 0.5) is 0 Å². The Morgan fingerprint density at radius 2 is 1.67 bits per heavy atom. The van der Waals surface area contributed by atoms with Gasteiger partial charge >= 0.3 is 0 Å². The van der Waals surface area contributed by atoms with Crippen LogP contribution in [0.2, 0.25) is 0 Å². The predicted molar refractivity (Wildman–Crippen MR) is 53.2 cm³/mol. The predicted octanol–water partition coefficient (Wildman–Crippen LogP) is 2.79. The number of terminal acetylenes is 1. The fourth-order valence-electron chi connectivity index (χ4n) is 1.32. The number of benzene rings is 1. The van der Waals surface area contributed by atoms with E-state index in [0.717, 1.165) is 6.42 Å². The van der Waals surface area contributed by atoms with E-state index in [1.54, 1.807) is 0 Å². The highest BCUT2D eigenvalue weighted by molar-refractivity contribution is 5.37. The molecule has 0 aromatic heterocycles. The van der Waals surface area contributed by atoms with Crippen LogP contribution in [-0.4, -0.2) is 0 Å². The summed E-state index contributed by atoms with van der Waals surface area (Å²) in [6.07, 6.45) is 6.01. The van der Waals surface area contributed by atoms with E-state index in [0.29, 0.717) is 0 Å². The second-order valence-corrected chi connectivity index (χ2v) is 3.24. The van der Waals surface area contributed by atoms with Gasteiger partial charge in [0.1, 0.15) is 0 Å². The average molecular weight is 158 g/mol. The Labute approximate surface area is 74.6 Å². The molecule has 0 N–H and O–H groups in total. The molecule has 0 amide bonds. The Morgan fingerprint density at radius 1 is 1.08 bits per heavy atom. The maximum atomic E-state index is 5.27. The molecule has 1 aromatic carbocycles. The maximum Gasteiger partial charge on any atom is 0.0340 e. The molecule has 0 radical (unpaired) electrons. The zero-order chi connectivity index (χ0) is 9.14. The van der Waals surface area contributed by atoms with Gasteiger partial charge in [0, 0.05) is 6.42 Å². The summed E-state index contributed by atoms with van der Waals surface area (Å²) < 4.78 is 0. The van der Waals surface area contributed by atoms with Crippen LogP contribution < -0.4 is 0 Å². The van der Waals surface area contributed by atoms with Gasteiger partial charge in [0.2, 0.25) is 0 Å². The minimum Gasteiger partial charge on any atom is -0.120 e. The van der Waals surface area contributed by atoms with Crippen molar-refractivity contribution in [2.45, 2.75) is 27.2 Å². The van der Waals surface area contributed by atoms with E-state index in [4.69, 9.17) is 6.42 Å². The van der Waals surface area contributed by atoms with Crippen molar-refractivity contribution >= 4 is 0 Å². The van der Waals surface area contributed by atoms with Crippen LogP contribution in [-0.2, 0) is 6.42 Å². The Balaban J connectivity index is 3.16. The molecule has 0 heterocycles. The van der Waals surface area contributed by atoms with Gasteiger partial charge in [-0.25, -0.2) is 0 Å². The molecule has 0 saturated heterocycles. The second kappa shape index (κ2) is 3.45. The van der Waals surface area contributed by atoms with Gasteiger partial charge in [0.15, 0.2) is 0 Å². The molecule has 1 rings (SSSR count). The van der Waals surface area contributed by atoms with Crippen molar-refractivity contribution in [1.82, 2.24) is 0 Å². The number of aryl methyl sites for hydroxylation is 3. The SMILES string of the molecule is C#CCc1cc(C)c(C)cc1C. The third-order valence-electron chi connectivity index (χ3n) is 2.24. The number of hydrogen-bond acceptors (Lipinski definition) is 0. The Bertz CT molecular complexity index is 327. The molecule has 0 heteroatoms. The molecule has 1 aromatic rings. The minimum absolute atomic E-state index is 0.743. The summed E-state index contributed by atoms with van der Waals surface area (Å²) in [6.45, 7) is 6.36. The molecule has 0 aliphatic carbocycles. The molecular formula is C12H14. The van der Waals surface area contributed by atoms with Crippen molar-refractivity contribution < 1.29 is 0 Å². The summed E-state index contributed by atoms with van der Waals surface area (Å²) in [5.74, 6) is 2.67. The lowest BCUT2D eigenvalue weighted by Gasteiger charge is -2.06. The number of rotatable bonds is 1. The van der Waals surface area contributed by atoms with E-state index in [-0.39, 0.29) is 0 Å². The molecule has 0 aliphatic heterocycles. The lowest BCUT2D eigenvalue weighted by Crippen LogP contribution is -1.91. The fraction of sp³-hybridized carbons (Fsp3) is 0.333. The van der Waals surface area contributed by atoms with Gasteiger partial charge in [-0.3, -0.25) is 0 Å². The smallest absolute Gasteiger partial charge is 0.0340 e.